The second kappa shape index (κ2) is 10.4. The van der Waals surface area contributed by atoms with E-state index in [0.29, 0.717) is 6.54 Å². The van der Waals surface area contributed by atoms with Gasteiger partial charge in [0, 0.05) is 60.5 Å². The van der Waals surface area contributed by atoms with E-state index in [-0.39, 0.29) is 11.8 Å². The fourth-order valence-corrected chi connectivity index (χ4v) is 3.92. The minimum atomic E-state index is -5.08. The van der Waals surface area contributed by atoms with E-state index in [0.717, 1.165) is 65.9 Å². The summed E-state index contributed by atoms with van der Waals surface area (Å²) < 4.78 is 37.1. The second-order valence-electron chi connectivity index (χ2n) is 8.36. The highest BCUT2D eigenvalue weighted by Gasteiger charge is 2.38. The molecular weight excluding hydrogens is 479 g/mol. The van der Waals surface area contributed by atoms with Crippen LogP contribution in [0, 0.1) is 0 Å². The maximum Gasteiger partial charge on any atom is 0.490 e. The summed E-state index contributed by atoms with van der Waals surface area (Å²) in [5.41, 5.74) is 5.48. The number of aliphatic carboxylic acids is 1. The molecule has 3 aromatic rings. The number of pyridine rings is 2. The molecule has 5 rings (SSSR count). The van der Waals surface area contributed by atoms with Gasteiger partial charge in [-0.15, -0.1) is 0 Å². The van der Waals surface area contributed by atoms with E-state index in [9.17, 15) is 18.0 Å². The first-order valence-corrected chi connectivity index (χ1v) is 11.2. The first-order valence-electron chi connectivity index (χ1n) is 11.2. The van der Waals surface area contributed by atoms with Crippen molar-refractivity contribution in [3.8, 4) is 22.5 Å². The number of amides is 1. The summed E-state index contributed by atoms with van der Waals surface area (Å²) in [7, 11) is 0. The van der Waals surface area contributed by atoms with Gasteiger partial charge in [0.25, 0.3) is 5.91 Å². The van der Waals surface area contributed by atoms with Gasteiger partial charge in [0.15, 0.2) is 0 Å². The average molecular weight is 503 g/mol. The third kappa shape index (κ3) is 5.65. The van der Waals surface area contributed by atoms with Crippen LogP contribution in [0.5, 0.6) is 0 Å². The van der Waals surface area contributed by atoms with Crippen molar-refractivity contribution in [2.45, 2.75) is 19.0 Å². The van der Waals surface area contributed by atoms with Crippen LogP contribution in [0.4, 0.5) is 19.0 Å². The number of aromatic nitrogens is 3. The van der Waals surface area contributed by atoms with Crippen molar-refractivity contribution < 1.29 is 32.6 Å². The highest BCUT2D eigenvalue weighted by atomic mass is 19.4. The predicted molar refractivity (Wildman–Crippen MR) is 125 cm³/mol. The SMILES string of the molecule is CC1CNC(=O)c2cc(-c3ccnc(-c4ccc(N5CCOCC5)nc4)c3)[nH]c21.O=C(O)C(F)(F)F. The standard InChI is InChI=1S/C22H23N5O2.C2HF3O2/c1-14-12-25-22(28)17-11-19(26-21(14)17)15-4-5-23-18(10-15)16-2-3-20(24-13-16)27-6-8-29-9-7-27;3-2(4,5)1(6)7/h2-5,10-11,13-14,26H,6-9,12H2,1H3,(H,25,28);(H,6,7). The number of ether oxygens (including phenoxy) is 1. The number of carbonyl (C=O) groups excluding carboxylic acids is 1. The third-order valence-corrected chi connectivity index (χ3v) is 5.85. The van der Waals surface area contributed by atoms with Gasteiger partial charge in [-0.05, 0) is 30.3 Å². The minimum absolute atomic E-state index is 0.0159. The van der Waals surface area contributed by atoms with Crippen LogP contribution >= 0.6 is 0 Å². The average Bonchev–Trinajstić information content (AvgIpc) is 3.34. The molecule has 9 nitrogen and oxygen atoms in total. The Hall–Kier alpha value is -3.93. The number of nitrogens with zero attached hydrogens (tertiary/aromatic N) is 3. The van der Waals surface area contributed by atoms with Crippen LogP contribution < -0.4 is 10.2 Å². The van der Waals surface area contributed by atoms with Crippen molar-refractivity contribution in [2.24, 2.45) is 0 Å². The zero-order valence-electron chi connectivity index (χ0n) is 19.3. The smallest absolute Gasteiger partial charge is 0.475 e. The molecular formula is C24H24F3N5O4. The number of H-pyrrole nitrogens is 1. The van der Waals surface area contributed by atoms with E-state index >= 15 is 0 Å². The van der Waals surface area contributed by atoms with E-state index < -0.39 is 12.1 Å². The summed E-state index contributed by atoms with van der Waals surface area (Å²) in [6.07, 6.45) is -1.42. The number of carbonyl (C=O) groups is 2. The summed E-state index contributed by atoms with van der Waals surface area (Å²) in [6, 6.07) is 10.0. The number of aromatic amines is 1. The number of morpholine rings is 1. The predicted octanol–water partition coefficient (Wildman–Crippen LogP) is 3.46. The Morgan fingerprint density at radius 3 is 2.47 bits per heavy atom. The Balaban J connectivity index is 0.000000384. The van der Waals surface area contributed by atoms with E-state index in [4.69, 9.17) is 14.6 Å². The van der Waals surface area contributed by atoms with E-state index in [1.165, 1.54) is 0 Å². The molecule has 0 aliphatic carbocycles. The normalized spacial score (nSPS) is 17.5. The molecule has 190 valence electrons. The van der Waals surface area contributed by atoms with Gasteiger partial charge in [0.05, 0.1) is 24.5 Å². The van der Waals surface area contributed by atoms with Crippen molar-refractivity contribution in [1.29, 1.82) is 0 Å². The van der Waals surface area contributed by atoms with Gasteiger partial charge in [-0.3, -0.25) is 9.78 Å². The number of hydrogen-bond donors (Lipinski definition) is 3. The Morgan fingerprint density at radius 1 is 1.14 bits per heavy atom. The molecule has 1 amide bonds. The number of rotatable bonds is 3. The molecule has 1 unspecified atom stereocenters. The van der Waals surface area contributed by atoms with Crippen LogP contribution in [-0.4, -0.2) is 71.0 Å². The first-order chi connectivity index (χ1) is 17.1. The molecule has 0 radical (unpaired) electrons. The maximum atomic E-state index is 12.2. The quantitative estimate of drug-likeness (QED) is 0.501. The van der Waals surface area contributed by atoms with Crippen LogP contribution in [-0.2, 0) is 9.53 Å². The molecule has 0 bridgehead atoms. The molecule has 2 aliphatic heterocycles. The molecule has 3 N–H and O–H groups in total. The Bertz CT molecular complexity index is 1240. The number of fused-ring (bicyclic) bond motifs is 1. The number of nitrogens with one attached hydrogen (secondary N) is 2. The lowest BCUT2D eigenvalue weighted by molar-refractivity contribution is -0.192. The molecule has 2 aliphatic rings. The Morgan fingerprint density at radius 2 is 1.86 bits per heavy atom. The lowest BCUT2D eigenvalue weighted by atomic mass is 9.99. The highest BCUT2D eigenvalue weighted by Crippen LogP contribution is 2.30. The number of alkyl halides is 3. The fraction of sp³-hybridized carbons (Fsp3) is 0.333. The summed E-state index contributed by atoms with van der Waals surface area (Å²) in [4.78, 5) is 35.9. The van der Waals surface area contributed by atoms with Crippen molar-refractivity contribution >= 4 is 17.7 Å². The van der Waals surface area contributed by atoms with Crippen molar-refractivity contribution in [3.05, 3.63) is 54.0 Å². The lowest BCUT2D eigenvalue weighted by Gasteiger charge is -2.27. The lowest BCUT2D eigenvalue weighted by Crippen LogP contribution is -2.36. The molecule has 0 aromatic carbocycles. The molecule has 36 heavy (non-hydrogen) atoms. The minimum Gasteiger partial charge on any atom is -0.475 e. The Labute approximate surface area is 204 Å². The van der Waals surface area contributed by atoms with Gasteiger partial charge >= 0.3 is 12.1 Å². The highest BCUT2D eigenvalue weighted by molar-refractivity contribution is 5.98. The number of halogens is 3. The van der Waals surface area contributed by atoms with Crippen LogP contribution in [0.1, 0.15) is 28.9 Å². The van der Waals surface area contributed by atoms with Crippen molar-refractivity contribution in [3.63, 3.8) is 0 Å². The van der Waals surface area contributed by atoms with Gasteiger partial charge in [0.1, 0.15) is 5.82 Å². The zero-order valence-corrected chi connectivity index (χ0v) is 19.3. The molecule has 1 atom stereocenters. The van der Waals surface area contributed by atoms with Crippen LogP contribution in [0.3, 0.4) is 0 Å². The topological polar surface area (TPSA) is 120 Å². The van der Waals surface area contributed by atoms with Crippen LogP contribution in [0.15, 0.2) is 42.7 Å². The molecule has 5 heterocycles. The molecule has 0 spiro atoms. The van der Waals surface area contributed by atoms with Gasteiger partial charge in [-0.2, -0.15) is 13.2 Å². The summed E-state index contributed by atoms with van der Waals surface area (Å²) >= 11 is 0. The second-order valence-corrected chi connectivity index (χ2v) is 8.36. The van der Waals surface area contributed by atoms with Gasteiger partial charge in [-0.25, -0.2) is 9.78 Å². The monoisotopic (exact) mass is 503 g/mol. The Kier molecular flexibility index (Phi) is 7.25. The van der Waals surface area contributed by atoms with Crippen LogP contribution in [0.25, 0.3) is 22.5 Å². The van der Waals surface area contributed by atoms with Crippen molar-refractivity contribution in [1.82, 2.24) is 20.3 Å². The van der Waals surface area contributed by atoms with Gasteiger partial charge in [-0.1, -0.05) is 6.92 Å². The van der Waals surface area contributed by atoms with E-state index in [2.05, 4.69) is 38.2 Å². The van der Waals surface area contributed by atoms with Crippen molar-refractivity contribution in [2.75, 3.05) is 37.7 Å². The number of hydrogen-bond acceptors (Lipinski definition) is 6. The summed E-state index contributed by atoms with van der Waals surface area (Å²) in [5, 5.41) is 10.1. The van der Waals surface area contributed by atoms with E-state index in [1.54, 1.807) is 6.20 Å². The van der Waals surface area contributed by atoms with Gasteiger partial charge < -0.3 is 25.0 Å². The first kappa shape index (κ1) is 25.2. The fourth-order valence-electron chi connectivity index (χ4n) is 3.92. The molecule has 12 heteroatoms. The summed E-state index contributed by atoms with van der Waals surface area (Å²) in [5.74, 6) is -1.54. The number of carboxylic acids is 1. The zero-order chi connectivity index (χ0) is 25.9. The molecule has 1 saturated heterocycles. The molecule has 3 aromatic heterocycles. The summed E-state index contributed by atoms with van der Waals surface area (Å²) in [6.45, 7) is 5.98. The third-order valence-electron chi connectivity index (χ3n) is 5.85. The largest absolute Gasteiger partial charge is 0.490 e. The van der Waals surface area contributed by atoms with E-state index in [1.807, 2.05) is 30.5 Å². The number of anilines is 1. The molecule has 0 saturated carbocycles. The van der Waals surface area contributed by atoms with Gasteiger partial charge in [0.2, 0.25) is 0 Å². The molecule has 1 fully saturated rings. The number of carboxylic acid groups (broad SMARTS) is 1. The van der Waals surface area contributed by atoms with Crippen LogP contribution in [0.2, 0.25) is 0 Å². The maximum absolute atomic E-state index is 12.2.